The predicted octanol–water partition coefficient (Wildman–Crippen LogP) is 9.06. The molecular formula is C24H23ClN3O4PS2. The van der Waals surface area contributed by atoms with Crippen LogP contribution in [0, 0.1) is 6.92 Å². The van der Waals surface area contributed by atoms with Crippen LogP contribution in [0.15, 0.2) is 114 Å². The van der Waals surface area contributed by atoms with Gasteiger partial charge in [0.05, 0.1) is 17.3 Å². The van der Waals surface area contributed by atoms with Crippen molar-refractivity contribution in [2.24, 2.45) is 10.2 Å². The fourth-order valence-electron chi connectivity index (χ4n) is 2.58. The SMILES string of the molecule is CCOP(=O)(Sc1ccccc1)Sc1ccccc1.Cc1[nH]oc(=O)c1N=Nc1ccccc1Cl. The summed E-state index contributed by atoms with van der Waals surface area (Å²) in [7, 11) is 0. The smallest absolute Gasteiger partial charge is 0.336 e. The number of hydrogen-bond acceptors (Lipinski definition) is 8. The monoisotopic (exact) mass is 547 g/mol. The van der Waals surface area contributed by atoms with Crippen LogP contribution in [0.2, 0.25) is 5.02 Å². The summed E-state index contributed by atoms with van der Waals surface area (Å²) in [4.78, 5) is 13.1. The normalized spacial score (nSPS) is 11.3. The maximum atomic E-state index is 12.9. The van der Waals surface area contributed by atoms with E-state index in [0.717, 1.165) is 9.79 Å². The van der Waals surface area contributed by atoms with Gasteiger partial charge in [-0.05, 0) is 73.0 Å². The lowest BCUT2D eigenvalue weighted by Crippen LogP contribution is -1.89. The molecule has 7 nitrogen and oxygen atoms in total. The highest BCUT2D eigenvalue weighted by Gasteiger charge is 2.26. The second kappa shape index (κ2) is 13.5. The second-order valence-electron chi connectivity index (χ2n) is 6.79. The van der Waals surface area contributed by atoms with Crippen molar-refractivity contribution in [2.45, 2.75) is 23.6 Å². The summed E-state index contributed by atoms with van der Waals surface area (Å²) in [5.74, 6) is -2.83. The van der Waals surface area contributed by atoms with Crippen LogP contribution in [0.3, 0.4) is 0 Å². The first-order chi connectivity index (χ1) is 16.9. The Kier molecular flexibility index (Phi) is 10.4. The van der Waals surface area contributed by atoms with Gasteiger partial charge in [0, 0.05) is 9.79 Å². The Morgan fingerprint density at radius 3 is 1.94 bits per heavy atom. The summed E-state index contributed by atoms with van der Waals surface area (Å²) in [6, 6.07) is 26.4. The molecule has 1 aromatic heterocycles. The minimum absolute atomic E-state index is 0.153. The highest BCUT2D eigenvalue weighted by Crippen LogP contribution is 2.73. The molecule has 0 atom stereocenters. The number of nitrogens with one attached hydrogen (secondary N) is 1. The van der Waals surface area contributed by atoms with E-state index in [1.807, 2.05) is 67.6 Å². The molecule has 3 aromatic carbocycles. The molecule has 0 aliphatic heterocycles. The lowest BCUT2D eigenvalue weighted by molar-refractivity contribution is 0.357. The van der Waals surface area contributed by atoms with E-state index in [0.29, 0.717) is 23.0 Å². The number of H-pyrrole nitrogens is 1. The van der Waals surface area contributed by atoms with E-state index < -0.39 is 11.4 Å². The average Bonchev–Trinajstić information content (AvgIpc) is 3.17. The average molecular weight is 548 g/mol. The number of benzene rings is 3. The van der Waals surface area contributed by atoms with Gasteiger partial charge in [-0.25, -0.2) is 9.95 Å². The molecule has 0 fully saturated rings. The molecule has 35 heavy (non-hydrogen) atoms. The van der Waals surface area contributed by atoms with Crippen LogP contribution in [0.1, 0.15) is 12.6 Å². The summed E-state index contributed by atoms with van der Waals surface area (Å²) < 4.78 is 22.9. The Morgan fingerprint density at radius 1 is 0.914 bits per heavy atom. The largest absolute Gasteiger partial charge is 0.384 e. The van der Waals surface area contributed by atoms with E-state index in [9.17, 15) is 9.36 Å². The van der Waals surface area contributed by atoms with Crippen molar-refractivity contribution < 1.29 is 13.6 Å². The van der Waals surface area contributed by atoms with Gasteiger partial charge in [0.25, 0.3) is 0 Å². The molecule has 0 aliphatic carbocycles. The van der Waals surface area contributed by atoms with Gasteiger partial charge in [0.1, 0.15) is 5.69 Å². The Balaban J connectivity index is 0.000000198. The highest BCUT2D eigenvalue weighted by atomic mass is 35.5. The van der Waals surface area contributed by atoms with Gasteiger partial charge in [0.2, 0.25) is 0 Å². The maximum Gasteiger partial charge on any atom is 0.384 e. The molecule has 182 valence electrons. The number of aromatic nitrogens is 1. The molecule has 0 saturated carbocycles. The summed E-state index contributed by atoms with van der Waals surface area (Å²) >= 11 is 8.49. The van der Waals surface area contributed by atoms with Gasteiger partial charge in [-0.15, -0.1) is 10.2 Å². The van der Waals surface area contributed by atoms with Crippen molar-refractivity contribution in [3.63, 3.8) is 0 Å². The standard InChI is InChI=1S/C14H15O2PS2.C10H8ClN3O2/c1-2-16-17(15,18-13-9-5-3-6-10-13)19-14-11-7-4-8-12-14;1-6-9(10(15)16-14-6)13-12-8-5-3-2-4-7(8)11/h3-12H,2H2,1H3;2-5,14H,1H3. The van der Waals surface area contributed by atoms with Crippen LogP contribution in [-0.4, -0.2) is 11.8 Å². The summed E-state index contributed by atoms with van der Waals surface area (Å²) in [6.45, 7) is 3.98. The van der Waals surface area contributed by atoms with Crippen LogP contribution in [0.5, 0.6) is 0 Å². The van der Waals surface area contributed by atoms with Gasteiger partial charge in [0.15, 0.2) is 5.69 Å². The molecule has 0 aliphatic rings. The molecule has 0 spiro atoms. The highest BCUT2D eigenvalue weighted by molar-refractivity contribution is 8.89. The molecule has 4 aromatic rings. The first-order valence-electron chi connectivity index (χ1n) is 10.5. The number of nitrogens with zero attached hydrogens (tertiary/aromatic N) is 2. The fraction of sp³-hybridized carbons (Fsp3) is 0.125. The van der Waals surface area contributed by atoms with Crippen molar-refractivity contribution in [1.29, 1.82) is 0 Å². The third kappa shape index (κ3) is 8.56. The van der Waals surface area contributed by atoms with Gasteiger partial charge >= 0.3 is 11.4 Å². The van der Waals surface area contributed by atoms with E-state index in [1.54, 1.807) is 31.2 Å². The number of azo groups is 1. The van der Waals surface area contributed by atoms with E-state index in [-0.39, 0.29) is 5.69 Å². The Hall–Kier alpha value is -2.55. The molecule has 11 heteroatoms. The van der Waals surface area contributed by atoms with Gasteiger partial charge in [-0.1, -0.05) is 60.1 Å². The molecule has 0 bridgehead atoms. The second-order valence-corrected chi connectivity index (χ2v) is 14.3. The van der Waals surface area contributed by atoms with Crippen molar-refractivity contribution in [3.8, 4) is 0 Å². The molecule has 0 amide bonds. The van der Waals surface area contributed by atoms with Crippen LogP contribution >= 0.6 is 40.1 Å². The third-order valence-corrected chi connectivity index (χ3v) is 11.1. The van der Waals surface area contributed by atoms with Crippen molar-refractivity contribution in [1.82, 2.24) is 5.16 Å². The van der Waals surface area contributed by atoms with E-state index >= 15 is 0 Å². The van der Waals surface area contributed by atoms with Crippen molar-refractivity contribution in [2.75, 3.05) is 6.61 Å². The summed E-state index contributed by atoms with van der Waals surface area (Å²) in [6.07, 6.45) is 0. The molecule has 1 heterocycles. The van der Waals surface area contributed by atoms with E-state index in [2.05, 4.69) is 19.9 Å². The van der Waals surface area contributed by atoms with Gasteiger partial charge in [-0.2, -0.15) is 0 Å². The van der Waals surface area contributed by atoms with E-state index in [4.69, 9.17) is 16.1 Å². The minimum Gasteiger partial charge on any atom is -0.336 e. The number of rotatable bonds is 8. The zero-order valence-corrected chi connectivity index (χ0v) is 22.2. The van der Waals surface area contributed by atoms with Gasteiger partial charge in [-0.3, -0.25) is 4.57 Å². The van der Waals surface area contributed by atoms with Crippen molar-refractivity contribution in [3.05, 3.63) is 106 Å². The van der Waals surface area contributed by atoms with Crippen LogP contribution in [0.4, 0.5) is 11.4 Å². The molecule has 0 saturated heterocycles. The molecule has 1 N–H and O–H groups in total. The Labute approximate surface area is 216 Å². The molecule has 4 rings (SSSR count). The number of aromatic amines is 1. The third-order valence-electron chi connectivity index (χ3n) is 4.16. The van der Waals surface area contributed by atoms with E-state index in [1.165, 1.54) is 22.8 Å². The zero-order chi connectivity index (χ0) is 25.1. The quantitative estimate of drug-likeness (QED) is 0.174. The van der Waals surface area contributed by atoms with Crippen LogP contribution in [-0.2, 0) is 9.09 Å². The molecule has 0 unspecified atom stereocenters. The fourth-order valence-corrected chi connectivity index (χ4v) is 9.51. The number of aryl methyl sites for hydroxylation is 1. The van der Waals surface area contributed by atoms with Crippen LogP contribution in [0.25, 0.3) is 0 Å². The zero-order valence-electron chi connectivity index (χ0n) is 19.0. The molecule has 0 radical (unpaired) electrons. The summed E-state index contributed by atoms with van der Waals surface area (Å²) in [5, 5.41) is 10.6. The Morgan fingerprint density at radius 2 is 1.46 bits per heavy atom. The number of hydrogen-bond donors (Lipinski definition) is 1. The topological polar surface area (TPSA) is 97.0 Å². The minimum atomic E-state index is -2.83. The van der Waals surface area contributed by atoms with Crippen LogP contribution < -0.4 is 5.63 Å². The molecular weight excluding hydrogens is 525 g/mol. The maximum absolute atomic E-state index is 12.9. The number of halogens is 1. The first kappa shape index (κ1) is 27.0. The first-order valence-corrected chi connectivity index (χ1v) is 15.3. The lowest BCUT2D eigenvalue weighted by atomic mass is 10.3. The van der Waals surface area contributed by atoms with Crippen molar-refractivity contribution >= 4 is 51.5 Å². The predicted molar refractivity (Wildman–Crippen MR) is 144 cm³/mol. The van der Waals surface area contributed by atoms with Gasteiger partial charge < -0.3 is 9.05 Å². The lowest BCUT2D eigenvalue weighted by Gasteiger charge is -2.16. The Bertz CT molecular complexity index is 1300. The summed E-state index contributed by atoms with van der Waals surface area (Å²) in [5.41, 5.74) is 0.637.